The molecule has 12 heavy (non-hydrogen) atoms. The Morgan fingerprint density at radius 3 is 3.08 bits per heavy atom. The molecule has 0 saturated carbocycles. The average Bonchev–Trinajstić information content (AvgIpc) is 2.47. The summed E-state index contributed by atoms with van der Waals surface area (Å²) >= 11 is 1.70. The molecule has 0 radical (unpaired) electrons. The quantitative estimate of drug-likeness (QED) is 0.714. The molecule has 0 saturated heterocycles. The first kappa shape index (κ1) is 9.24. The van der Waals surface area contributed by atoms with E-state index < -0.39 is 0 Å². The molecule has 3 heteroatoms. The van der Waals surface area contributed by atoms with Crippen molar-refractivity contribution in [2.45, 2.75) is 26.4 Å². The van der Waals surface area contributed by atoms with E-state index in [1.165, 1.54) is 4.88 Å². The highest BCUT2D eigenvalue weighted by Crippen LogP contribution is 2.10. The summed E-state index contributed by atoms with van der Waals surface area (Å²) in [6, 6.07) is 0.120. The van der Waals surface area contributed by atoms with E-state index in [1.807, 2.05) is 20.0 Å². The predicted octanol–water partition coefficient (Wildman–Crippen LogP) is 1.56. The van der Waals surface area contributed by atoms with Crippen molar-refractivity contribution in [3.05, 3.63) is 16.1 Å². The summed E-state index contributed by atoms with van der Waals surface area (Å²) in [6.07, 6.45) is 7.09. The zero-order valence-corrected chi connectivity index (χ0v) is 8.11. The fraction of sp³-hybridized carbons (Fsp3) is 0.444. The highest BCUT2D eigenvalue weighted by Gasteiger charge is 1.99. The molecule has 1 aromatic heterocycles. The van der Waals surface area contributed by atoms with E-state index in [0.29, 0.717) is 0 Å². The highest BCUT2D eigenvalue weighted by molar-refractivity contribution is 7.11. The van der Waals surface area contributed by atoms with Crippen LogP contribution in [0.5, 0.6) is 0 Å². The molecule has 0 amide bonds. The minimum Gasteiger partial charge on any atom is -0.297 e. The molecule has 0 fully saturated rings. The topological polar surface area (TPSA) is 24.9 Å². The molecule has 0 aliphatic heterocycles. The van der Waals surface area contributed by atoms with Gasteiger partial charge in [-0.1, -0.05) is 5.92 Å². The standard InChI is InChI=1S/C9H12N2S/c1-4-7(2)10-6-9-11-5-8(3)12-9/h1,5,7,10H,6H2,2-3H3. The summed E-state index contributed by atoms with van der Waals surface area (Å²) < 4.78 is 0. The number of aryl methyl sites for hydroxylation is 1. The molecular formula is C9H12N2S. The smallest absolute Gasteiger partial charge is 0.107 e. The number of thiazole rings is 1. The summed E-state index contributed by atoms with van der Waals surface area (Å²) in [5.41, 5.74) is 0. The van der Waals surface area contributed by atoms with Gasteiger partial charge in [-0.3, -0.25) is 5.32 Å². The molecule has 1 atom stereocenters. The Hall–Kier alpha value is -0.850. The fourth-order valence-electron chi connectivity index (χ4n) is 0.782. The van der Waals surface area contributed by atoms with Gasteiger partial charge in [0.1, 0.15) is 5.01 Å². The number of hydrogen-bond donors (Lipinski definition) is 1. The molecule has 0 aliphatic rings. The van der Waals surface area contributed by atoms with Gasteiger partial charge in [0.25, 0.3) is 0 Å². The molecule has 1 aromatic rings. The summed E-state index contributed by atoms with van der Waals surface area (Å²) in [5, 5.41) is 4.27. The lowest BCUT2D eigenvalue weighted by Crippen LogP contribution is -2.23. The second-order valence-electron chi connectivity index (χ2n) is 2.63. The second kappa shape index (κ2) is 4.24. The van der Waals surface area contributed by atoms with Gasteiger partial charge in [-0.15, -0.1) is 17.8 Å². The zero-order chi connectivity index (χ0) is 8.97. The molecule has 1 rings (SSSR count). The Balaban J connectivity index is 2.39. The summed E-state index contributed by atoms with van der Waals surface area (Å²) in [7, 11) is 0. The molecule has 1 heterocycles. The van der Waals surface area contributed by atoms with Crippen LogP contribution in [0.3, 0.4) is 0 Å². The lowest BCUT2D eigenvalue weighted by molar-refractivity contribution is 0.645. The average molecular weight is 180 g/mol. The molecule has 2 nitrogen and oxygen atoms in total. The predicted molar refractivity (Wildman–Crippen MR) is 52.0 cm³/mol. The molecule has 0 aromatic carbocycles. The van der Waals surface area contributed by atoms with E-state index in [-0.39, 0.29) is 6.04 Å². The number of rotatable bonds is 3. The van der Waals surface area contributed by atoms with Gasteiger partial charge in [0.15, 0.2) is 0 Å². The van der Waals surface area contributed by atoms with Crippen molar-refractivity contribution in [2.75, 3.05) is 0 Å². The number of terminal acetylenes is 1. The normalized spacial score (nSPS) is 12.4. The number of nitrogens with zero attached hydrogens (tertiary/aromatic N) is 1. The summed E-state index contributed by atoms with van der Waals surface area (Å²) in [4.78, 5) is 5.45. The summed E-state index contributed by atoms with van der Waals surface area (Å²) in [5.74, 6) is 2.61. The van der Waals surface area contributed by atoms with Gasteiger partial charge < -0.3 is 0 Å². The maximum absolute atomic E-state index is 5.21. The van der Waals surface area contributed by atoms with Crippen LogP contribution in [0.4, 0.5) is 0 Å². The Kier molecular flexibility index (Phi) is 3.27. The van der Waals surface area contributed by atoms with Crippen LogP contribution < -0.4 is 5.32 Å². The van der Waals surface area contributed by atoms with Crippen molar-refractivity contribution in [3.63, 3.8) is 0 Å². The van der Waals surface area contributed by atoms with Crippen LogP contribution in [-0.2, 0) is 6.54 Å². The van der Waals surface area contributed by atoms with Crippen molar-refractivity contribution >= 4 is 11.3 Å². The van der Waals surface area contributed by atoms with E-state index in [0.717, 1.165) is 11.6 Å². The monoisotopic (exact) mass is 180 g/mol. The van der Waals surface area contributed by atoms with Crippen molar-refractivity contribution in [2.24, 2.45) is 0 Å². The third kappa shape index (κ3) is 2.65. The maximum atomic E-state index is 5.21. The van der Waals surface area contributed by atoms with Gasteiger partial charge in [-0.05, 0) is 13.8 Å². The van der Waals surface area contributed by atoms with Crippen molar-refractivity contribution in [1.29, 1.82) is 0 Å². The third-order valence-corrected chi connectivity index (χ3v) is 2.39. The van der Waals surface area contributed by atoms with Crippen molar-refractivity contribution in [1.82, 2.24) is 10.3 Å². The molecule has 1 unspecified atom stereocenters. The molecule has 64 valence electrons. The van der Waals surface area contributed by atoms with Gasteiger partial charge in [-0.25, -0.2) is 4.98 Å². The molecule has 1 N–H and O–H groups in total. The maximum Gasteiger partial charge on any atom is 0.107 e. The van der Waals surface area contributed by atoms with Crippen LogP contribution in [0.25, 0.3) is 0 Å². The van der Waals surface area contributed by atoms with Crippen LogP contribution in [0.15, 0.2) is 6.20 Å². The van der Waals surface area contributed by atoms with Gasteiger partial charge in [-0.2, -0.15) is 0 Å². The van der Waals surface area contributed by atoms with Crippen LogP contribution in [0.2, 0.25) is 0 Å². The first-order valence-corrected chi connectivity index (χ1v) is 4.65. The Morgan fingerprint density at radius 1 is 1.83 bits per heavy atom. The Labute approximate surface area is 77.0 Å². The highest BCUT2D eigenvalue weighted by atomic mass is 32.1. The lowest BCUT2D eigenvalue weighted by atomic mass is 10.3. The van der Waals surface area contributed by atoms with E-state index in [2.05, 4.69) is 16.2 Å². The summed E-state index contributed by atoms with van der Waals surface area (Å²) in [6.45, 7) is 4.77. The minimum absolute atomic E-state index is 0.120. The van der Waals surface area contributed by atoms with Crippen LogP contribution in [0, 0.1) is 19.3 Å². The number of hydrogen-bond acceptors (Lipinski definition) is 3. The number of nitrogens with one attached hydrogen (secondary N) is 1. The number of aromatic nitrogens is 1. The van der Waals surface area contributed by atoms with Crippen LogP contribution in [0.1, 0.15) is 16.8 Å². The van der Waals surface area contributed by atoms with Crippen LogP contribution >= 0.6 is 11.3 Å². The fourth-order valence-corrected chi connectivity index (χ4v) is 1.52. The van der Waals surface area contributed by atoms with E-state index in [9.17, 15) is 0 Å². The largest absolute Gasteiger partial charge is 0.297 e. The lowest BCUT2D eigenvalue weighted by Gasteiger charge is -2.03. The Bertz CT molecular complexity index is 285. The zero-order valence-electron chi connectivity index (χ0n) is 7.29. The molecule has 0 bridgehead atoms. The van der Waals surface area contributed by atoms with E-state index in [4.69, 9.17) is 6.42 Å². The first-order valence-electron chi connectivity index (χ1n) is 3.83. The SMILES string of the molecule is C#CC(C)NCc1ncc(C)s1. The van der Waals surface area contributed by atoms with E-state index in [1.54, 1.807) is 11.3 Å². The molecular weight excluding hydrogens is 168 g/mol. The minimum atomic E-state index is 0.120. The Morgan fingerprint density at radius 2 is 2.58 bits per heavy atom. The van der Waals surface area contributed by atoms with Gasteiger partial charge in [0.2, 0.25) is 0 Å². The van der Waals surface area contributed by atoms with Crippen LogP contribution in [-0.4, -0.2) is 11.0 Å². The van der Waals surface area contributed by atoms with Gasteiger partial charge >= 0.3 is 0 Å². The molecule has 0 spiro atoms. The second-order valence-corrected chi connectivity index (χ2v) is 3.95. The first-order chi connectivity index (χ1) is 5.72. The van der Waals surface area contributed by atoms with E-state index >= 15 is 0 Å². The third-order valence-electron chi connectivity index (χ3n) is 1.48. The van der Waals surface area contributed by atoms with Crippen molar-refractivity contribution in [3.8, 4) is 12.3 Å². The van der Waals surface area contributed by atoms with Gasteiger partial charge in [0.05, 0.1) is 6.04 Å². The van der Waals surface area contributed by atoms with Gasteiger partial charge in [0, 0.05) is 17.6 Å². The molecule has 0 aliphatic carbocycles. The van der Waals surface area contributed by atoms with Crippen molar-refractivity contribution < 1.29 is 0 Å².